The predicted octanol–water partition coefficient (Wildman–Crippen LogP) is 8.82. The summed E-state index contributed by atoms with van der Waals surface area (Å²) in [6, 6.07) is 12.4. The summed E-state index contributed by atoms with van der Waals surface area (Å²) in [4.78, 5) is 12.2. The number of benzene rings is 1. The molecule has 0 amide bonds. The smallest absolute Gasteiger partial charge is 0.135 e. The fourth-order valence-electron chi connectivity index (χ4n) is 3.57. The number of aliphatic hydroxyl groups is 1. The molecule has 2 N–H and O–H groups in total. The van der Waals surface area contributed by atoms with Crippen LogP contribution in [0.25, 0.3) is 0 Å². The molecule has 0 bridgehead atoms. The Morgan fingerprint density at radius 3 is 2.00 bits per heavy atom. The maximum absolute atomic E-state index is 12.2. The molecule has 1 heterocycles. The number of Topliss-reactive ketones (excluding diaryl/α,β-unsaturated/α-hetero) is 1. The van der Waals surface area contributed by atoms with Gasteiger partial charge in [-0.25, -0.2) is 0 Å². The van der Waals surface area contributed by atoms with E-state index in [0.717, 1.165) is 12.0 Å². The van der Waals surface area contributed by atoms with Crippen molar-refractivity contribution in [3.05, 3.63) is 70.4 Å². The number of ketones is 1. The minimum absolute atomic E-state index is 0.0450. The molecule has 0 fully saturated rings. The van der Waals surface area contributed by atoms with Gasteiger partial charge >= 0.3 is 0 Å². The quantitative estimate of drug-likeness (QED) is 0.318. The second-order valence-corrected chi connectivity index (χ2v) is 10.6. The van der Waals surface area contributed by atoms with E-state index in [1.54, 1.807) is 18.3 Å². The van der Waals surface area contributed by atoms with Gasteiger partial charge in [0.05, 0.1) is 0 Å². The number of aliphatic hydroxyl groups excluding tert-OH is 1. The van der Waals surface area contributed by atoms with Crippen LogP contribution in [-0.2, 0) is 4.79 Å². The van der Waals surface area contributed by atoms with Crippen LogP contribution in [0, 0.1) is 11.3 Å². The fraction of sp³-hybridized carbons (Fsp3) is 0.581. The molecule has 0 aliphatic heterocycles. The van der Waals surface area contributed by atoms with Crippen molar-refractivity contribution in [1.82, 2.24) is 5.32 Å². The molecular weight excluding hydrogens is 450 g/mol. The van der Waals surface area contributed by atoms with Crippen LogP contribution in [0.4, 0.5) is 0 Å². The van der Waals surface area contributed by atoms with Crippen LogP contribution >= 0.6 is 11.3 Å². The van der Waals surface area contributed by atoms with Gasteiger partial charge in [0.2, 0.25) is 0 Å². The Labute approximate surface area is 221 Å². The molecule has 2 aromatic rings. The molecule has 3 atom stereocenters. The normalized spacial score (nSPS) is 12.9. The summed E-state index contributed by atoms with van der Waals surface area (Å²) in [5, 5.41) is 16.4. The summed E-state index contributed by atoms with van der Waals surface area (Å²) in [5.41, 5.74) is 3.72. The monoisotopic (exact) mass is 503 g/mol. The van der Waals surface area contributed by atoms with Crippen molar-refractivity contribution >= 4 is 17.1 Å². The van der Waals surface area contributed by atoms with Crippen LogP contribution in [0.5, 0.6) is 0 Å². The molecule has 3 nitrogen and oxygen atoms in total. The van der Waals surface area contributed by atoms with Gasteiger partial charge in [0.15, 0.2) is 0 Å². The molecular formula is C31H53NO2S. The minimum Gasteiger partial charge on any atom is -0.396 e. The number of unbranched alkanes of at least 4 members (excludes halogenated alkanes) is 1. The Balaban J connectivity index is 0. The lowest BCUT2D eigenvalue weighted by molar-refractivity contribution is -0.122. The number of rotatable bonds is 10. The van der Waals surface area contributed by atoms with Crippen molar-refractivity contribution in [2.45, 2.75) is 93.5 Å². The molecule has 0 aliphatic rings. The third-order valence-corrected chi connectivity index (χ3v) is 6.24. The van der Waals surface area contributed by atoms with E-state index in [2.05, 4.69) is 68.5 Å². The second-order valence-electron chi connectivity index (χ2n) is 9.79. The first-order valence-electron chi connectivity index (χ1n) is 13.0. The lowest BCUT2D eigenvalue weighted by Crippen LogP contribution is -2.33. The molecule has 2 rings (SSSR count). The van der Waals surface area contributed by atoms with E-state index < -0.39 is 0 Å². The van der Waals surface area contributed by atoms with E-state index in [9.17, 15) is 4.79 Å². The standard InChI is InChI=1S/C17H21NOS.C8H18O.C4H8.C2H6/c1-12(15-9-10-20-11-15)16(13(2)19)17(18-3)14-7-5-4-6-8-14;1-4-5-6-8(2,3)7-9;1-4(2)3;1-2/h4-12,16-18H,1-3H3;9H,4-7H2,1-3H3;1H2,2-3H3;1-2H3. The van der Waals surface area contributed by atoms with Gasteiger partial charge in [-0.2, -0.15) is 11.3 Å². The van der Waals surface area contributed by atoms with E-state index in [-0.39, 0.29) is 29.1 Å². The molecule has 35 heavy (non-hydrogen) atoms. The third kappa shape index (κ3) is 15.8. The molecule has 0 spiro atoms. The summed E-state index contributed by atoms with van der Waals surface area (Å²) in [6.07, 6.45) is 3.59. The number of nitrogens with one attached hydrogen (secondary N) is 1. The summed E-state index contributed by atoms with van der Waals surface area (Å²) in [7, 11) is 1.92. The van der Waals surface area contributed by atoms with Crippen molar-refractivity contribution in [2.75, 3.05) is 13.7 Å². The molecule has 200 valence electrons. The van der Waals surface area contributed by atoms with Gasteiger partial charge in [-0.1, -0.05) is 90.3 Å². The number of carbonyl (C=O) groups excluding carboxylic acids is 1. The molecule has 0 saturated heterocycles. The summed E-state index contributed by atoms with van der Waals surface area (Å²) < 4.78 is 0. The lowest BCUT2D eigenvalue weighted by atomic mass is 9.78. The molecule has 0 aliphatic carbocycles. The number of thiophene rings is 1. The van der Waals surface area contributed by atoms with E-state index in [0.29, 0.717) is 6.61 Å². The van der Waals surface area contributed by atoms with E-state index in [1.165, 1.54) is 24.0 Å². The topological polar surface area (TPSA) is 49.3 Å². The Morgan fingerprint density at radius 1 is 1.09 bits per heavy atom. The van der Waals surface area contributed by atoms with Crippen LogP contribution in [0.3, 0.4) is 0 Å². The largest absolute Gasteiger partial charge is 0.396 e. The van der Waals surface area contributed by atoms with Gasteiger partial charge in [-0.3, -0.25) is 4.79 Å². The Morgan fingerprint density at radius 2 is 1.63 bits per heavy atom. The van der Waals surface area contributed by atoms with E-state index in [4.69, 9.17) is 5.11 Å². The maximum Gasteiger partial charge on any atom is 0.135 e. The Bertz CT molecular complexity index is 765. The zero-order chi connectivity index (χ0) is 27.4. The average Bonchev–Trinajstić information content (AvgIpc) is 3.38. The van der Waals surface area contributed by atoms with E-state index in [1.807, 2.05) is 52.9 Å². The highest BCUT2D eigenvalue weighted by Crippen LogP contribution is 2.35. The second kappa shape index (κ2) is 20.4. The average molecular weight is 504 g/mol. The van der Waals surface area contributed by atoms with Gasteiger partial charge in [0.1, 0.15) is 5.78 Å². The fourth-order valence-corrected chi connectivity index (χ4v) is 4.33. The molecule has 0 radical (unpaired) electrons. The van der Waals surface area contributed by atoms with Crippen molar-refractivity contribution in [3.63, 3.8) is 0 Å². The molecule has 0 saturated carbocycles. The highest BCUT2D eigenvalue weighted by atomic mass is 32.1. The van der Waals surface area contributed by atoms with Crippen LogP contribution in [0.1, 0.15) is 105 Å². The van der Waals surface area contributed by atoms with Crippen molar-refractivity contribution in [1.29, 1.82) is 0 Å². The van der Waals surface area contributed by atoms with Crippen molar-refractivity contribution < 1.29 is 9.90 Å². The zero-order valence-electron chi connectivity index (χ0n) is 24.2. The first-order valence-corrected chi connectivity index (χ1v) is 13.9. The van der Waals surface area contributed by atoms with Crippen molar-refractivity contribution in [3.8, 4) is 0 Å². The van der Waals surface area contributed by atoms with Gasteiger partial charge in [0, 0.05) is 18.6 Å². The van der Waals surface area contributed by atoms with E-state index >= 15 is 0 Å². The number of carbonyl (C=O) groups is 1. The first-order chi connectivity index (χ1) is 16.5. The number of allylic oxidation sites excluding steroid dienone is 1. The molecule has 3 unspecified atom stereocenters. The van der Waals surface area contributed by atoms with Crippen LogP contribution in [-0.4, -0.2) is 24.5 Å². The molecule has 1 aromatic heterocycles. The summed E-state index contributed by atoms with van der Waals surface area (Å²) in [5.74, 6) is 0.375. The van der Waals surface area contributed by atoms with Gasteiger partial charge < -0.3 is 10.4 Å². The third-order valence-electron chi connectivity index (χ3n) is 5.54. The Kier molecular flexibility index (Phi) is 20.7. The SMILES string of the molecule is C=C(C)C.CC.CCCCC(C)(C)CO.CNC(c1ccccc1)C(C(C)=O)C(C)c1ccsc1. The highest BCUT2D eigenvalue weighted by molar-refractivity contribution is 7.08. The zero-order valence-corrected chi connectivity index (χ0v) is 25.0. The maximum atomic E-state index is 12.2. The highest BCUT2D eigenvalue weighted by Gasteiger charge is 2.31. The first kappa shape index (κ1) is 35.4. The Hall–Kier alpha value is -1.75. The van der Waals surface area contributed by atoms with Crippen LogP contribution in [0.15, 0.2) is 59.3 Å². The summed E-state index contributed by atoms with van der Waals surface area (Å²) >= 11 is 1.68. The van der Waals surface area contributed by atoms with Gasteiger partial charge in [-0.15, -0.1) is 6.58 Å². The minimum atomic E-state index is -0.0583. The molecule has 4 heteroatoms. The van der Waals surface area contributed by atoms with Crippen LogP contribution < -0.4 is 5.32 Å². The predicted molar refractivity (Wildman–Crippen MR) is 157 cm³/mol. The number of hydrogen-bond acceptors (Lipinski definition) is 4. The van der Waals surface area contributed by atoms with Gasteiger partial charge in [-0.05, 0) is 73.5 Å². The van der Waals surface area contributed by atoms with Crippen molar-refractivity contribution in [2.24, 2.45) is 11.3 Å². The molecule has 1 aromatic carbocycles. The summed E-state index contributed by atoms with van der Waals surface area (Å²) in [6.45, 7) is 22.0. The van der Waals surface area contributed by atoms with Gasteiger partial charge in [0.25, 0.3) is 0 Å². The lowest BCUT2D eigenvalue weighted by Gasteiger charge is -2.30. The number of hydrogen-bond donors (Lipinski definition) is 2. The van der Waals surface area contributed by atoms with Crippen LogP contribution in [0.2, 0.25) is 0 Å².